The largest absolute Gasteiger partial charge is 0.331 e. The summed E-state index contributed by atoms with van der Waals surface area (Å²) in [4.78, 5) is 4.93. The molecular formula is C16H22ClN3. The van der Waals surface area contributed by atoms with Gasteiger partial charge in [0.25, 0.3) is 0 Å². The van der Waals surface area contributed by atoms with Crippen molar-refractivity contribution in [1.82, 2.24) is 14.9 Å². The fourth-order valence-corrected chi connectivity index (χ4v) is 3.77. The number of imidazole rings is 1. The summed E-state index contributed by atoms with van der Waals surface area (Å²) in [6.07, 6.45) is 4.82. The number of rotatable bonds is 3. The Kier molecular flexibility index (Phi) is 3.74. The van der Waals surface area contributed by atoms with Crippen molar-refractivity contribution in [1.29, 1.82) is 0 Å². The third-order valence-electron chi connectivity index (χ3n) is 4.52. The summed E-state index contributed by atoms with van der Waals surface area (Å²) >= 11 is 6.13. The number of benzene rings is 1. The molecule has 0 radical (unpaired) electrons. The number of halogens is 1. The number of hydrogen-bond acceptors (Lipinski definition) is 2. The predicted octanol–water partition coefficient (Wildman–Crippen LogP) is 3.65. The second kappa shape index (κ2) is 5.38. The molecular weight excluding hydrogens is 270 g/mol. The van der Waals surface area contributed by atoms with Crippen LogP contribution in [0, 0.1) is 0 Å². The Labute approximate surface area is 125 Å². The van der Waals surface area contributed by atoms with Crippen LogP contribution >= 0.6 is 11.6 Å². The number of piperidine rings is 1. The minimum absolute atomic E-state index is 0.174. The van der Waals surface area contributed by atoms with Crippen molar-refractivity contribution in [3.05, 3.63) is 29.0 Å². The van der Waals surface area contributed by atoms with E-state index in [2.05, 4.69) is 23.9 Å². The average molecular weight is 292 g/mol. The average Bonchev–Trinajstić information content (AvgIpc) is 2.78. The van der Waals surface area contributed by atoms with Gasteiger partial charge in [0.15, 0.2) is 0 Å². The van der Waals surface area contributed by atoms with Gasteiger partial charge in [-0.1, -0.05) is 24.9 Å². The minimum atomic E-state index is 0.174. The summed E-state index contributed by atoms with van der Waals surface area (Å²) in [5, 5.41) is 4.34. The van der Waals surface area contributed by atoms with Crippen LogP contribution in [-0.4, -0.2) is 22.6 Å². The van der Waals surface area contributed by atoms with Crippen LogP contribution in [0.15, 0.2) is 18.2 Å². The summed E-state index contributed by atoms with van der Waals surface area (Å²) in [5.74, 6) is 1.21. The zero-order valence-electron chi connectivity index (χ0n) is 12.2. The predicted molar refractivity (Wildman–Crippen MR) is 84.4 cm³/mol. The molecule has 20 heavy (non-hydrogen) atoms. The van der Waals surface area contributed by atoms with Gasteiger partial charge in [-0.3, -0.25) is 0 Å². The van der Waals surface area contributed by atoms with Gasteiger partial charge in [0.2, 0.25) is 0 Å². The smallest absolute Gasteiger partial charge is 0.117 e. The quantitative estimate of drug-likeness (QED) is 0.935. The maximum atomic E-state index is 6.13. The lowest BCUT2D eigenvalue weighted by atomic mass is 9.76. The molecule has 1 atom stereocenters. The lowest BCUT2D eigenvalue weighted by Crippen LogP contribution is -2.44. The molecule has 0 amide bonds. The first kappa shape index (κ1) is 13.9. The fraction of sp³-hybridized carbons (Fsp3) is 0.562. The molecule has 1 N–H and O–H groups in total. The monoisotopic (exact) mass is 291 g/mol. The topological polar surface area (TPSA) is 29.9 Å². The number of hydrogen-bond donors (Lipinski definition) is 1. The van der Waals surface area contributed by atoms with E-state index in [4.69, 9.17) is 16.6 Å². The van der Waals surface area contributed by atoms with E-state index in [0.717, 1.165) is 29.1 Å². The third kappa shape index (κ3) is 2.23. The second-order valence-corrected chi connectivity index (χ2v) is 6.37. The molecule has 1 fully saturated rings. The lowest BCUT2D eigenvalue weighted by Gasteiger charge is -2.37. The summed E-state index contributed by atoms with van der Waals surface area (Å²) in [5.41, 5.74) is 2.36. The molecule has 1 aromatic carbocycles. The summed E-state index contributed by atoms with van der Waals surface area (Å²) in [6, 6.07) is 5.96. The van der Waals surface area contributed by atoms with Gasteiger partial charge in [-0.2, -0.15) is 0 Å². The standard InChI is InChI=1S/C16H22ClN3/c1-3-7-16(8-4-9-18-11-16)15-19-13-6-5-12(17)10-14(13)20(15)2/h5-6,10,18H,3-4,7-9,11H2,1-2H3. The number of aryl methyl sites for hydroxylation is 1. The van der Waals surface area contributed by atoms with Gasteiger partial charge in [0, 0.05) is 24.0 Å². The molecule has 1 aromatic heterocycles. The molecule has 1 unspecified atom stereocenters. The Hall–Kier alpha value is -1.06. The van der Waals surface area contributed by atoms with Crippen LogP contribution in [-0.2, 0) is 12.5 Å². The molecule has 3 rings (SSSR count). The Bertz CT molecular complexity index is 606. The van der Waals surface area contributed by atoms with Crippen LogP contribution < -0.4 is 5.32 Å². The lowest BCUT2D eigenvalue weighted by molar-refractivity contribution is 0.271. The molecule has 0 spiro atoms. The van der Waals surface area contributed by atoms with Crippen molar-refractivity contribution in [2.75, 3.05) is 13.1 Å². The maximum Gasteiger partial charge on any atom is 0.117 e. The highest BCUT2D eigenvalue weighted by molar-refractivity contribution is 6.31. The first-order chi connectivity index (χ1) is 9.66. The third-order valence-corrected chi connectivity index (χ3v) is 4.75. The normalized spacial score (nSPS) is 23.4. The van der Waals surface area contributed by atoms with Crippen LogP contribution in [0.3, 0.4) is 0 Å². The molecule has 1 aliphatic rings. The van der Waals surface area contributed by atoms with E-state index in [1.807, 2.05) is 18.2 Å². The van der Waals surface area contributed by atoms with E-state index in [0.29, 0.717) is 0 Å². The van der Waals surface area contributed by atoms with E-state index in [9.17, 15) is 0 Å². The SMILES string of the molecule is CCCC1(c2nc3ccc(Cl)cc3n2C)CCCNC1. The zero-order valence-corrected chi connectivity index (χ0v) is 13.0. The maximum absolute atomic E-state index is 6.13. The first-order valence-corrected chi connectivity index (χ1v) is 7.87. The van der Waals surface area contributed by atoms with Crippen LogP contribution in [0.5, 0.6) is 0 Å². The molecule has 0 aliphatic carbocycles. The highest BCUT2D eigenvalue weighted by Crippen LogP contribution is 2.36. The molecule has 1 aliphatic heterocycles. The Morgan fingerprint density at radius 1 is 1.45 bits per heavy atom. The zero-order chi connectivity index (χ0) is 14.2. The number of fused-ring (bicyclic) bond motifs is 1. The Morgan fingerprint density at radius 3 is 3.00 bits per heavy atom. The molecule has 3 nitrogen and oxygen atoms in total. The van der Waals surface area contributed by atoms with Crippen molar-refractivity contribution in [3.8, 4) is 0 Å². The van der Waals surface area contributed by atoms with Crippen LogP contribution in [0.1, 0.15) is 38.4 Å². The van der Waals surface area contributed by atoms with Crippen molar-refractivity contribution in [3.63, 3.8) is 0 Å². The number of nitrogens with one attached hydrogen (secondary N) is 1. The van der Waals surface area contributed by atoms with E-state index in [1.54, 1.807) is 0 Å². The molecule has 4 heteroatoms. The van der Waals surface area contributed by atoms with E-state index >= 15 is 0 Å². The van der Waals surface area contributed by atoms with Gasteiger partial charge >= 0.3 is 0 Å². The fourth-order valence-electron chi connectivity index (χ4n) is 3.60. The van der Waals surface area contributed by atoms with Gasteiger partial charge in [0.05, 0.1) is 11.0 Å². The Balaban J connectivity index is 2.13. The van der Waals surface area contributed by atoms with Crippen molar-refractivity contribution in [2.24, 2.45) is 7.05 Å². The summed E-state index contributed by atoms with van der Waals surface area (Å²) in [6.45, 7) is 4.42. The molecule has 1 saturated heterocycles. The van der Waals surface area contributed by atoms with Gasteiger partial charge in [-0.25, -0.2) is 4.98 Å². The molecule has 2 heterocycles. The first-order valence-electron chi connectivity index (χ1n) is 7.49. The highest BCUT2D eigenvalue weighted by Gasteiger charge is 2.37. The van der Waals surface area contributed by atoms with Crippen molar-refractivity contribution >= 4 is 22.6 Å². The molecule has 108 valence electrons. The summed E-state index contributed by atoms with van der Waals surface area (Å²) < 4.78 is 2.24. The van der Waals surface area contributed by atoms with E-state index in [-0.39, 0.29) is 5.41 Å². The summed E-state index contributed by atoms with van der Waals surface area (Å²) in [7, 11) is 2.12. The van der Waals surface area contributed by atoms with Crippen LogP contribution in [0.2, 0.25) is 5.02 Å². The molecule has 0 saturated carbocycles. The minimum Gasteiger partial charge on any atom is -0.331 e. The van der Waals surface area contributed by atoms with E-state index in [1.165, 1.54) is 31.5 Å². The van der Waals surface area contributed by atoms with Crippen molar-refractivity contribution in [2.45, 2.75) is 38.0 Å². The van der Waals surface area contributed by atoms with E-state index < -0.39 is 0 Å². The highest BCUT2D eigenvalue weighted by atomic mass is 35.5. The molecule has 0 bridgehead atoms. The number of aromatic nitrogens is 2. The van der Waals surface area contributed by atoms with Gasteiger partial charge in [-0.15, -0.1) is 0 Å². The molecule has 2 aromatic rings. The second-order valence-electron chi connectivity index (χ2n) is 5.94. The Morgan fingerprint density at radius 2 is 2.30 bits per heavy atom. The van der Waals surface area contributed by atoms with Gasteiger partial charge < -0.3 is 9.88 Å². The number of nitrogens with zero attached hydrogens (tertiary/aromatic N) is 2. The van der Waals surface area contributed by atoms with Crippen LogP contribution in [0.25, 0.3) is 11.0 Å². The van der Waals surface area contributed by atoms with Crippen molar-refractivity contribution < 1.29 is 0 Å². The van der Waals surface area contributed by atoms with Gasteiger partial charge in [0.1, 0.15) is 5.82 Å². The van der Waals surface area contributed by atoms with Gasteiger partial charge in [-0.05, 0) is 44.0 Å². The van der Waals surface area contributed by atoms with Crippen LogP contribution in [0.4, 0.5) is 0 Å².